The molecule has 0 aliphatic rings. The number of urea groups is 1. The lowest BCUT2D eigenvalue weighted by Crippen LogP contribution is -2.42. The Labute approximate surface area is 172 Å². The normalized spacial score (nSPS) is 11.0. The van der Waals surface area contributed by atoms with Gasteiger partial charge < -0.3 is 14.8 Å². The van der Waals surface area contributed by atoms with Crippen LogP contribution in [-0.2, 0) is 12.8 Å². The van der Waals surface area contributed by atoms with E-state index >= 15 is 0 Å². The number of carbonyl (C=O) groups excluding carboxylic acids is 2. The van der Waals surface area contributed by atoms with Crippen molar-refractivity contribution >= 4 is 11.9 Å². The fourth-order valence-electron chi connectivity index (χ4n) is 2.60. The molecule has 0 unspecified atom stereocenters. The maximum atomic E-state index is 13.6. The van der Waals surface area contributed by atoms with Gasteiger partial charge >= 0.3 is 12.2 Å². The standard InChI is InChI=1S/C21H23F3N2O4/c1-4-10-25-20(28)26(2)19(27)15-11-18(30-13-14-8-6-5-7-9-14)17(29-3)12-16(15)21(22,23)24/h5-9,11-12H,4,10,13H2,1-3H3,(H,25,28). The molecule has 0 bridgehead atoms. The highest BCUT2D eigenvalue weighted by Crippen LogP contribution is 2.40. The summed E-state index contributed by atoms with van der Waals surface area (Å²) in [5.74, 6) is -1.32. The van der Waals surface area contributed by atoms with Crippen LogP contribution in [0.3, 0.4) is 0 Å². The summed E-state index contributed by atoms with van der Waals surface area (Å²) < 4.78 is 51.5. The van der Waals surface area contributed by atoms with E-state index in [2.05, 4.69) is 5.32 Å². The Bertz CT molecular complexity index is 886. The molecule has 1 N–H and O–H groups in total. The zero-order valence-electron chi connectivity index (χ0n) is 16.9. The van der Waals surface area contributed by atoms with E-state index in [1.54, 1.807) is 24.3 Å². The summed E-state index contributed by atoms with van der Waals surface area (Å²) in [4.78, 5) is 25.4. The van der Waals surface area contributed by atoms with Crippen LogP contribution in [0.2, 0.25) is 0 Å². The number of rotatable bonds is 7. The van der Waals surface area contributed by atoms with Crippen molar-refractivity contribution < 1.29 is 32.2 Å². The van der Waals surface area contributed by atoms with Crippen LogP contribution in [-0.4, -0.2) is 37.5 Å². The molecule has 0 spiro atoms. The molecule has 2 rings (SSSR count). The molecular weight excluding hydrogens is 401 g/mol. The molecule has 0 aliphatic heterocycles. The average molecular weight is 424 g/mol. The van der Waals surface area contributed by atoms with Crippen LogP contribution in [0.4, 0.5) is 18.0 Å². The van der Waals surface area contributed by atoms with Gasteiger partial charge in [0.25, 0.3) is 5.91 Å². The van der Waals surface area contributed by atoms with Gasteiger partial charge in [0.05, 0.1) is 18.2 Å². The van der Waals surface area contributed by atoms with E-state index in [1.807, 2.05) is 13.0 Å². The first-order valence-electron chi connectivity index (χ1n) is 9.20. The van der Waals surface area contributed by atoms with Crippen molar-refractivity contribution in [1.29, 1.82) is 0 Å². The van der Waals surface area contributed by atoms with Crippen molar-refractivity contribution in [3.63, 3.8) is 0 Å². The molecule has 0 aliphatic carbocycles. The molecule has 0 fully saturated rings. The Kier molecular flexibility index (Phi) is 7.68. The fourth-order valence-corrected chi connectivity index (χ4v) is 2.60. The van der Waals surface area contributed by atoms with Crippen molar-refractivity contribution in [2.24, 2.45) is 0 Å². The molecule has 30 heavy (non-hydrogen) atoms. The van der Waals surface area contributed by atoms with Gasteiger partial charge in [-0.25, -0.2) is 4.79 Å². The van der Waals surface area contributed by atoms with Crippen molar-refractivity contribution in [2.75, 3.05) is 20.7 Å². The maximum absolute atomic E-state index is 13.6. The predicted molar refractivity (Wildman–Crippen MR) is 105 cm³/mol. The number of carbonyl (C=O) groups is 2. The SMILES string of the molecule is CCCNC(=O)N(C)C(=O)c1cc(OCc2ccccc2)c(OC)cc1C(F)(F)F. The van der Waals surface area contributed by atoms with Crippen LogP contribution < -0.4 is 14.8 Å². The lowest BCUT2D eigenvalue weighted by molar-refractivity contribution is -0.138. The molecule has 2 aromatic carbocycles. The maximum Gasteiger partial charge on any atom is 0.417 e. The molecule has 0 aromatic heterocycles. The van der Waals surface area contributed by atoms with Gasteiger partial charge in [-0.1, -0.05) is 37.3 Å². The van der Waals surface area contributed by atoms with Crippen molar-refractivity contribution in [1.82, 2.24) is 10.2 Å². The lowest BCUT2D eigenvalue weighted by atomic mass is 10.0. The average Bonchev–Trinajstić information content (AvgIpc) is 2.74. The van der Waals surface area contributed by atoms with Crippen LogP contribution in [0.25, 0.3) is 0 Å². The van der Waals surface area contributed by atoms with Gasteiger partial charge in [0.15, 0.2) is 11.5 Å². The van der Waals surface area contributed by atoms with Gasteiger partial charge in [-0.05, 0) is 24.1 Å². The first-order chi connectivity index (χ1) is 14.2. The number of hydrogen-bond acceptors (Lipinski definition) is 4. The zero-order valence-corrected chi connectivity index (χ0v) is 16.9. The van der Waals surface area contributed by atoms with E-state index in [4.69, 9.17) is 9.47 Å². The van der Waals surface area contributed by atoms with E-state index in [0.717, 1.165) is 18.7 Å². The van der Waals surface area contributed by atoms with E-state index in [9.17, 15) is 22.8 Å². The van der Waals surface area contributed by atoms with E-state index in [0.29, 0.717) is 17.4 Å². The van der Waals surface area contributed by atoms with Crippen molar-refractivity contribution in [2.45, 2.75) is 26.1 Å². The quantitative estimate of drug-likeness (QED) is 0.712. The molecule has 0 saturated heterocycles. The third-order valence-electron chi connectivity index (χ3n) is 4.21. The molecule has 9 heteroatoms. The minimum atomic E-state index is -4.84. The Morgan fingerprint density at radius 1 is 1.10 bits per heavy atom. The van der Waals surface area contributed by atoms with Gasteiger partial charge in [-0.2, -0.15) is 13.2 Å². The molecule has 0 radical (unpaired) electrons. The highest BCUT2D eigenvalue weighted by Gasteiger charge is 2.38. The largest absolute Gasteiger partial charge is 0.493 e. The van der Waals surface area contributed by atoms with Gasteiger partial charge in [0.1, 0.15) is 6.61 Å². The monoisotopic (exact) mass is 424 g/mol. The Hall–Kier alpha value is -3.23. The van der Waals surface area contributed by atoms with Gasteiger partial charge in [0.2, 0.25) is 0 Å². The number of nitrogens with one attached hydrogen (secondary N) is 1. The summed E-state index contributed by atoms with van der Waals surface area (Å²) in [6, 6.07) is 9.84. The molecule has 0 heterocycles. The van der Waals surface area contributed by atoms with Crippen LogP contribution in [0, 0.1) is 0 Å². The highest BCUT2D eigenvalue weighted by atomic mass is 19.4. The number of benzene rings is 2. The number of methoxy groups -OCH3 is 1. The van der Waals surface area contributed by atoms with Gasteiger partial charge in [-0.3, -0.25) is 9.69 Å². The lowest BCUT2D eigenvalue weighted by Gasteiger charge is -2.21. The molecule has 3 amide bonds. The molecule has 2 aromatic rings. The molecular formula is C21H23F3N2O4. The third-order valence-corrected chi connectivity index (χ3v) is 4.21. The molecule has 6 nitrogen and oxygen atoms in total. The number of hydrogen-bond donors (Lipinski definition) is 1. The second kappa shape index (κ2) is 10.00. The minimum absolute atomic E-state index is 0.0416. The molecule has 162 valence electrons. The third kappa shape index (κ3) is 5.65. The second-order valence-corrected chi connectivity index (χ2v) is 6.42. The summed E-state index contributed by atoms with van der Waals surface area (Å²) >= 11 is 0. The Morgan fingerprint density at radius 3 is 2.33 bits per heavy atom. The number of amides is 3. The summed E-state index contributed by atoms with van der Waals surface area (Å²) in [5.41, 5.74) is -1.14. The van der Waals surface area contributed by atoms with Crippen LogP contribution >= 0.6 is 0 Å². The Balaban J connectivity index is 2.42. The zero-order chi connectivity index (χ0) is 22.3. The number of imide groups is 1. The van der Waals surface area contributed by atoms with E-state index < -0.39 is 29.2 Å². The van der Waals surface area contributed by atoms with Crippen molar-refractivity contribution in [3.8, 4) is 11.5 Å². The highest BCUT2D eigenvalue weighted by molar-refractivity contribution is 6.05. The smallest absolute Gasteiger partial charge is 0.417 e. The van der Waals surface area contributed by atoms with Gasteiger partial charge in [-0.15, -0.1) is 0 Å². The number of nitrogens with zero attached hydrogens (tertiary/aromatic N) is 1. The fraction of sp³-hybridized carbons (Fsp3) is 0.333. The number of ether oxygens (including phenoxy) is 2. The summed E-state index contributed by atoms with van der Waals surface area (Å²) in [6.45, 7) is 2.16. The van der Waals surface area contributed by atoms with Crippen LogP contribution in [0.5, 0.6) is 11.5 Å². The first-order valence-corrected chi connectivity index (χ1v) is 9.20. The Morgan fingerprint density at radius 2 is 1.77 bits per heavy atom. The van der Waals surface area contributed by atoms with Crippen molar-refractivity contribution in [3.05, 3.63) is 59.2 Å². The van der Waals surface area contributed by atoms with E-state index in [1.165, 1.54) is 7.11 Å². The number of halogens is 3. The number of alkyl halides is 3. The van der Waals surface area contributed by atoms with Gasteiger partial charge in [0, 0.05) is 13.6 Å². The summed E-state index contributed by atoms with van der Waals surface area (Å²) in [7, 11) is 2.32. The second-order valence-electron chi connectivity index (χ2n) is 6.42. The van der Waals surface area contributed by atoms with E-state index in [-0.39, 0.29) is 24.7 Å². The topological polar surface area (TPSA) is 67.9 Å². The summed E-state index contributed by atoms with van der Waals surface area (Å²) in [5, 5.41) is 2.45. The molecule has 0 saturated carbocycles. The van der Waals surface area contributed by atoms with Crippen LogP contribution in [0.1, 0.15) is 34.8 Å². The summed E-state index contributed by atoms with van der Waals surface area (Å²) in [6.07, 6.45) is -4.22. The predicted octanol–water partition coefficient (Wildman–Crippen LogP) is 4.48. The molecule has 0 atom stereocenters. The van der Waals surface area contributed by atoms with Crippen LogP contribution in [0.15, 0.2) is 42.5 Å². The first kappa shape index (κ1) is 23.1. The minimum Gasteiger partial charge on any atom is -0.493 e.